The van der Waals surface area contributed by atoms with Gasteiger partial charge in [0, 0.05) is 5.56 Å². The Balaban J connectivity index is 1.91. The lowest BCUT2D eigenvalue weighted by atomic mass is 10.0. The fourth-order valence-corrected chi connectivity index (χ4v) is 3.57. The minimum absolute atomic E-state index is 0.176. The second-order valence-corrected chi connectivity index (χ2v) is 7.69. The molecule has 0 saturated carbocycles. The Morgan fingerprint density at radius 1 is 0.931 bits per heavy atom. The highest BCUT2D eigenvalue weighted by Gasteiger charge is 2.20. The summed E-state index contributed by atoms with van der Waals surface area (Å²) in [5.74, 6) is 0.527. The van der Waals surface area contributed by atoms with Crippen molar-refractivity contribution in [3.05, 3.63) is 98.2 Å². The third-order valence-corrected chi connectivity index (χ3v) is 5.38. The van der Waals surface area contributed by atoms with Crippen LogP contribution < -0.4 is 10.2 Å². The van der Waals surface area contributed by atoms with Gasteiger partial charge >= 0.3 is 0 Å². The van der Waals surface area contributed by atoms with E-state index in [0.717, 1.165) is 22.3 Å². The summed E-state index contributed by atoms with van der Waals surface area (Å²) in [4.78, 5) is 13.4. The molecule has 4 aromatic rings. The van der Waals surface area contributed by atoms with Crippen LogP contribution in [0.5, 0.6) is 5.75 Å². The van der Waals surface area contributed by atoms with Crippen molar-refractivity contribution >= 4 is 22.6 Å². The van der Waals surface area contributed by atoms with Gasteiger partial charge in [0.25, 0.3) is 0 Å². The summed E-state index contributed by atoms with van der Waals surface area (Å²) in [6.45, 7) is 6.25. The van der Waals surface area contributed by atoms with Crippen LogP contribution in [0.15, 0.2) is 69.9 Å². The molecule has 0 radical (unpaired) electrons. The van der Waals surface area contributed by atoms with Crippen molar-refractivity contribution in [1.29, 1.82) is 0 Å². The van der Waals surface area contributed by atoms with Crippen molar-refractivity contribution in [3.8, 4) is 17.1 Å². The molecule has 146 valence electrons. The molecule has 3 aromatic carbocycles. The number of ether oxygens (including phenoxy) is 1. The maximum Gasteiger partial charge on any atom is 0.235 e. The normalized spacial score (nSPS) is 11.0. The summed E-state index contributed by atoms with van der Waals surface area (Å²) >= 11 is 6.41. The first-order chi connectivity index (χ1) is 13.9. The molecule has 0 aliphatic carbocycles. The van der Waals surface area contributed by atoms with E-state index in [9.17, 15) is 4.79 Å². The van der Waals surface area contributed by atoms with E-state index >= 15 is 0 Å². The second kappa shape index (κ2) is 7.76. The first-order valence-corrected chi connectivity index (χ1v) is 9.83. The predicted molar refractivity (Wildman–Crippen MR) is 118 cm³/mol. The van der Waals surface area contributed by atoms with Crippen LogP contribution in [0.25, 0.3) is 22.3 Å². The molecule has 0 aliphatic rings. The lowest BCUT2D eigenvalue weighted by Crippen LogP contribution is -2.11. The van der Waals surface area contributed by atoms with Gasteiger partial charge in [0.05, 0.1) is 10.4 Å². The van der Waals surface area contributed by atoms with Gasteiger partial charge < -0.3 is 9.15 Å². The molecule has 0 bridgehead atoms. The molecule has 4 rings (SSSR count). The molecule has 0 fully saturated rings. The molecule has 0 spiro atoms. The van der Waals surface area contributed by atoms with E-state index in [1.807, 2.05) is 75.4 Å². The molecule has 0 atom stereocenters. The van der Waals surface area contributed by atoms with Crippen LogP contribution in [-0.2, 0) is 6.61 Å². The van der Waals surface area contributed by atoms with Gasteiger partial charge in [0.2, 0.25) is 11.2 Å². The fourth-order valence-electron chi connectivity index (χ4n) is 3.34. The molecular formula is C25H21ClO3. The largest absolute Gasteiger partial charge is 0.481 e. The average Bonchev–Trinajstić information content (AvgIpc) is 2.69. The Hall–Kier alpha value is -3.04. The fraction of sp³-hybridized carbons (Fsp3) is 0.160. The maximum absolute atomic E-state index is 13.4. The van der Waals surface area contributed by atoms with E-state index < -0.39 is 0 Å². The molecule has 0 N–H and O–H groups in total. The molecule has 0 saturated heterocycles. The molecule has 1 heterocycles. The smallest absolute Gasteiger partial charge is 0.235 e. The van der Waals surface area contributed by atoms with Crippen molar-refractivity contribution in [2.75, 3.05) is 0 Å². The van der Waals surface area contributed by atoms with Gasteiger partial charge in [-0.1, -0.05) is 53.6 Å². The summed E-state index contributed by atoms with van der Waals surface area (Å²) in [5.41, 5.74) is 5.15. The Bertz CT molecular complexity index is 1270. The summed E-state index contributed by atoms with van der Waals surface area (Å²) in [7, 11) is 0. The van der Waals surface area contributed by atoms with E-state index in [1.54, 1.807) is 6.07 Å². The van der Waals surface area contributed by atoms with E-state index in [1.165, 1.54) is 0 Å². The number of benzene rings is 3. The van der Waals surface area contributed by atoms with Crippen LogP contribution in [0.2, 0.25) is 5.02 Å². The molecule has 0 unspecified atom stereocenters. The van der Waals surface area contributed by atoms with Crippen LogP contribution in [0, 0.1) is 20.8 Å². The van der Waals surface area contributed by atoms with E-state index in [0.29, 0.717) is 27.3 Å². The number of aryl methyl sites for hydroxylation is 3. The highest BCUT2D eigenvalue weighted by Crippen LogP contribution is 2.36. The zero-order valence-electron chi connectivity index (χ0n) is 16.6. The zero-order valence-corrected chi connectivity index (χ0v) is 17.3. The van der Waals surface area contributed by atoms with Crippen molar-refractivity contribution in [3.63, 3.8) is 0 Å². The van der Waals surface area contributed by atoms with E-state index in [4.69, 9.17) is 20.8 Å². The summed E-state index contributed by atoms with van der Waals surface area (Å²) in [6, 6.07) is 19.0. The third-order valence-electron chi connectivity index (χ3n) is 5.05. The van der Waals surface area contributed by atoms with Crippen molar-refractivity contribution in [2.45, 2.75) is 27.4 Å². The topological polar surface area (TPSA) is 39.4 Å². The highest BCUT2D eigenvalue weighted by molar-refractivity contribution is 6.33. The van der Waals surface area contributed by atoms with Crippen molar-refractivity contribution in [1.82, 2.24) is 0 Å². The number of halogens is 1. The minimum Gasteiger partial charge on any atom is -0.481 e. The predicted octanol–water partition coefficient (Wildman–Crippen LogP) is 6.62. The minimum atomic E-state index is -0.197. The molecule has 0 amide bonds. The standard InChI is InChI=1S/C25H21ClO3/c1-15-7-6-8-18(11-15)14-28-25-23(27)20-12-16(2)17(3)13-22(20)29-24(25)19-9-4-5-10-21(19)26/h4-13H,14H2,1-3H3. The van der Waals surface area contributed by atoms with Gasteiger partial charge in [0.15, 0.2) is 5.76 Å². The van der Waals surface area contributed by atoms with Crippen LogP contribution in [0.4, 0.5) is 0 Å². The molecule has 3 nitrogen and oxygen atoms in total. The monoisotopic (exact) mass is 404 g/mol. The number of rotatable bonds is 4. The average molecular weight is 405 g/mol. The van der Waals surface area contributed by atoms with Crippen LogP contribution >= 0.6 is 11.6 Å². The lowest BCUT2D eigenvalue weighted by molar-refractivity contribution is 0.298. The lowest BCUT2D eigenvalue weighted by Gasteiger charge is -2.14. The third kappa shape index (κ3) is 3.79. The zero-order chi connectivity index (χ0) is 20.5. The number of hydrogen-bond donors (Lipinski definition) is 0. The summed E-state index contributed by atoms with van der Waals surface area (Å²) in [5, 5.41) is 1.00. The van der Waals surface area contributed by atoms with Gasteiger partial charge in [-0.25, -0.2) is 0 Å². The second-order valence-electron chi connectivity index (χ2n) is 7.28. The summed E-state index contributed by atoms with van der Waals surface area (Å²) in [6.07, 6.45) is 0. The Labute approximate surface area is 174 Å². The SMILES string of the molecule is Cc1cccc(COc2c(-c3ccccc3Cl)oc3cc(C)c(C)cc3c2=O)c1. The molecular weight excluding hydrogens is 384 g/mol. The quantitative estimate of drug-likeness (QED) is 0.383. The van der Waals surface area contributed by atoms with Gasteiger partial charge in [0.1, 0.15) is 12.2 Å². The molecule has 0 aliphatic heterocycles. The van der Waals surface area contributed by atoms with Crippen LogP contribution in [-0.4, -0.2) is 0 Å². The van der Waals surface area contributed by atoms with Gasteiger partial charge in [-0.05, 0) is 61.7 Å². The van der Waals surface area contributed by atoms with Gasteiger partial charge in [-0.3, -0.25) is 4.79 Å². The Kier molecular flexibility index (Phi) is 5.16. The molecule has 29 heavy (non-hydrogen) atoms. The maximum atomic E-state index is 13.4. The summed E-state index contributed by atoms with van der Waals surface area (Å²) < 4.78 is 12.2. The first kappa shape index (κ1) is 19.3. The van der Waals surface area contributed by atoms with E-state index in [-0.39, 0.29) is 17.8 Å². The molecule has 4 heteroatoms. The number of fused-ring (bicyclic) bond motifs is 1. The van der Waals surface area contributed by atoms with Crippen LogP contribution in [0.3, 0.4) is 0 Å². The first-order valence-electron chi connectivity index (χ1n) is 9.45. The Morgan fingerprint density at radius 3 is 2.45 bits per heavy atom. The van der Waals surface area contributed by atoms with E-state index in [2.05, 4.69) is 0 Å². The van der Waals surface area contributed by atoms with Crippen molar-refractivity contribution < 1.29 is 9.15 Å². The van der Waals surface area contributed by atoms with Gasteiger partial charge in [-0.2, -0.15) is 0 Å². The van der Waals surface area contributed by atoms with Crippen molar-refractivity contribution in [2.24, 2.45) is 0 Å². The highest BCUT2D eigenvalue weighted by atomic mass is 35.5. The molecule has 1 aromatic heterocycles. The Morgan fingerprint density at radius 2 is 1.69 bits per heavy atom. The number of hydrogen-bond acceptors (Lipinski definition) is 3. The van der Waals surface area contributed by atoms with Crippen LogP contribution in [0.1, 0.15) is 22.3 Å². The van der Waals surface area contributed by atoms with Gasteiger partial charge in [-0.15, -0.1) is 0 Å².